The van der Waals surface area contributed by atoms with Crippen molar-refractivity contribution in [1.29, 1.82) is 0 Å². The summed E-state index contributed by atoms with van der Waals surface area (Å²) < 4.78 is 0.446. The first-order valence-corrected chi connectivity index (χ1v) is 7.31. The summed E-state index contributed by atoms with van der Waals surface area (Å²) in [4.78, 5) is 15.6. The summed E-state index contributed by atoms with van der Waals surface area (Å²) in [7, 11) is 0. The molecule has 0 aliphatic rings. The van der Waals surface area contributed by atoms with Crippen LogP contribution in [0.1, 0.15) is 0 Å². The van der Waals surface area contributed by atoms with Gasteiger partial charge in [0.25, 0.3) is 5.69 Å². The second-order valence-corrected chi connectivity index (χ2v) is 5.90. The van der Waals surface area contributed by atoms with Crippen LogP contribution in [0.4, 0.5) is 5.69 Å². The smallest absolute Gasteiger partial charge is 0.258 e. The normalized spacial score (nSPS) is 10.5. The molecule has 0 radical (unpaired) electrons. The predicted molar refractivity (Wildman–Crippen MR) is 84.7 cm³/mol. The number of nitrogens with zero attached hydrogens (tertiary/aromatic N) is 2. The summed E-state index contributed by atoms with van der Waals surface area (Å²) in [6.07, 6.45) is 0. The van der Waals surface area contributed by atoms with Crippen LogP contribution in [0.15, 0.2) is 54.6 Å². The van der Waals surface area contributed by atoms with Gasteiger partial charge in [-0.05, 0) is 17.7 Å². The first-order chi connectivity index (χ1) is 10.1. The molecule has 0 spiro atoms. The number of halogens is 1. The highest BCUT2D eigenvalue weighted by atomic mass is 35.5. The SMILES string of the molecule is O=[N+]([O-])c1ccc(-c2nc(Cl)sc2-c2ccccc2)cc1. The molecule has 0 saturated carbocycles. The molecule has 0 bridgehead atoms. The average Bonchev–Trinajstić information content (AvgIpc) is 2.90. The van der Waals surface area contributed by atoms with Crippen LogP contribution in [0.3, 0.4) is 0 Å². The Morgan fingerprint density at radius 3 is 2.29 bits per heavy atom. The zero-order valence-corrected chi connectivity index (χ0v) is 12.3. The van der Waals surface area contributed by atoms with Crippen molar-refractivity contribution >= 4 is 28.6 Å². The number of aromatic nitrogens is 1. The first-order valence-electron chi connectivity index (χ1n) is 6.12. The maximum absolute atomic E-state index is 10.7. The summed E-state index contributed by atoms with van der Waals surface area (Å²) in [5.74, 6) is 0. The second kappa shape index (κ2) is 5.63. The van der Waals surface area contributed by atoms with Crippen molar-refractivity contribution in [2.75, 3.05) is 0 Å². The van der Waals surface area contributed by atoms with Crippen LogP contribution in [-0.4, -0.2) is 9.91 Å². The molecule has 0 unspecified atom stereocenters. The molecule has 0 N–H and O–H groups in total. The lowest BCUT2D eigenvalue weighted by atomic mass is 10.1. The minimum Gasteiger partial charge on any atom is -0.258 e. The Morgan fingerprint density at radius 1 is 1.00 bits per heavy atom. The number of benzene rings is 2. The Hall–Kier alpha value is -2.24. The highest BCUT2D eigenvalue weighted by Gasteiger charge is 2.15. The van der Waals surface area contributed by atoms with Gasteiger partial charge in [-0.15, -0.1) is 11.3 Å². The van der Waals surface area contributed by atoms with E-state index >= 15 is 0 Å². The molecule has 104 valence electrons. The first kappa shape index (κ1) is 13.7. The Bertz CT molecular complexity index is 785. The third kappa shape index (κ3) is 2.79. The highest BCUT2D eigenvalue weighted by Crippen LogP contribution is 2.38. The molecule has 0 amide bonds. The van der Waals surface area contributed by atoms with Crippen molar-refractivity contribution in [3.05, 3.63) is 69.2 Å². The van der Waals surface area contributed by atoms with Crippen LogP contribution in [-0.2, 0) is 0 Å². The molecule has 0 atom stereocenters. The van der Waals surface area contributed by atoms with Crippen LogP contribution >= 0.6 is 22.9 Å². The number of hydrogen-bond acceptors (Lipinski definition) is 4. The number of nitro benzene ring substituents is 1. The van der Waals surface area contributed by atoms with Gasteiger partial charge in [-0.3, -0.25) is 10.1 Å². The molecule has 2 aromatic carbocycles. The van der Waals surface area contributed by atoms with Crippen LogP contribution in [0.25, 0.3) is 21.7 Å². The Balaban J connectivity index is 2.09. The van der Waals surface area contributed by atoms with Crippen molar-refractivity contribution in [2.45, 2.75) is 0 Å². The van der Waals surface area contributed by atoms with Gasteiger partial charge in [-0.1, -0.05) is 41.9 Å². The Labute approximate surface area is 129 Å². The molecule has 3 rings (SSSR count). The largest absolute Gasteiger partial charge is 0.269 e. The molecule has 4 nitrogen and oxygen atoms in total. The summed E-state index contributed by atoms with van der Waals surface area (Å²) in [6, 6.07) is 16.1. The lowest BCUT2D eigenvalue weighted by molar-refractivity contribution is -0.384. The highest BCUT2D eigenvalue weighted by molar-refractivity contribution is 7.19. The van der Waals surface area contributed by atoms with Gasteiger partial charge < -0.3 is 0 Å². The maximum Gasteiger partial charge on any atom is 0.269 e. The zero-order valence-electron chi connectivity index (χ0n) is 10.7. The van der Waals surface area contributed by atoms with E-state index in [4.69, 9.17) is 11.6 Å². The van der Waals surface area contributed by atoms with Crippen molar-refractivity contribution < 1.29 is 4.92 Å². The van der Waals surface area contributed by atoms with E-state index in [1.165, 1.54) is 23.5 Å². The van der Waals surface area contributed by atoms with Crippen LogP contribution in [0.2, 0.25) is 4.47 Å². The maximum atomic E-state index is 10.7. The van der Waals surface area contributed by atoms with Crippen molar-refractivity contribution in [1.82, 2.24) is 4.98 Å². The number of thiazole rings is 1. The molecular weight excluding hydrogens is 308 g/mol. The predicted octanol–water partition coefficient (Wildman–Crippen LogP) is 5.04. The van der Waals surface area contributed by atoms with E-state index in [0.717, 1.165) is 21.7 Å². The molecule has 0 fully saturated rings. The van der Waals surface area contributed by atoms with E-state index in [9.17, 15) is 10.1 Å². The molecule has 6 heteroatoms. The van der Waals surface area contributed by atoms with Crippen molar-refractivity contribution in [2.24, 2.45) is 0 Å². The number of hydrogen-bond donors (Lipinski definition) is 0. The van der Waals surface area contributed by atoms with Gasteiger partial charge in [-0.2, -0.15) is 0 Å². The minimum atomic E-state index is -0.421. The van der Waals surface area contributed by atoms with Crippen LogP contribution in [0.5, 0.6) is 0 Å². The second-order valence-electron chi connectivity index (χ2n) is 4.31. The summed E-state index contributed by atoms with van der Waals surface area (Å²) in [5, 5.41) is 10.7. The summed E-state index contributed by atoms with van der Waals surface area (Å²) >= 11 is 7.44. The molecule has 1 heterocycles. The van der Waals surface area contributed by atoms with Crippen LogP contribution < -0.4 is 0 Å². The van der Waals surface area contributed by atoms with Gasteiger partial charge in [-0.25, -0.2) is 4.98 Å². The standard InChI is InChI=1S/C15H9ClN2O2S/c16-15-17-13(10-6-8-12(9-7-10)18(19)20)14(21-15)11-4-2-1-3-5-11/h1-9H. The lowest BCUT2D eigenvalue weighted by Crippen LogP contribution is -1.88. The van der Waals surface area contributed by atoms with Gasteiger partial charge in [0.05, 0.1) is 15.5 Å². The van der Waals surface area contributed by atoms with Gasteiger partial charge in [0.15, 0.2) is 4.47 Å². The third-order valence-corrected chi connectivity index (χ3v) is 4.20. The fourth-order valence-electron chi connectivity index (χ4n) is 2.02. The van der Waals surface area contributed by atoms with E-state index in [1.54, 1.807) is 12.1 Å². The van der Waals surface area contributed by atoms with E-state index in [0.29, 0.717) is 4.47 Å². The monoisotopic (exact) mass is 316 g/mol. The molecule has 0 saturated heterocycles. The van der Waals surface area contributed by atoms with Gasteiger partial charge >= 0.3 is 0 Å². The topological polar surface area (TPSA) is 56.0 Å². The molecule has 1 aromatic heterocycles. The number of nitro groups is 1. The average molecular weight is 317 g/mol. The molecule has 21 heavy (non-hydrogen) atoms. The quantitative estimate of drug-likeness (QED) is 0.502. The van der Waals surface area contributed by atoms with Gasteiger partial charge in [0.1, 0.15) is 0 Å². The van der Waals surface area contributed by atoms with E-state index < -0.39 is 4.92 Å². The minimum absolute atomic E-state index is 0.0568. The lowest BCUT2D eigenvalue weighted by Gasteiger charge is -2.02. The molecule has 0 aliphatic carbocycles. The summed E-state index contributed by atoms with van der Waals surface area (Å²) in [5.41, 5.74) is 2.63. The molecule has 3 aromatic rings. The Kier molecular flexibility index (Phi) is 3.68. The number of rotatable bonds is 3. The van der Waals surface area contributed by atoms with Gasteiger partial charge in [0, 0.05) is 17.7 Å². The molecular formula is C15H9ClN2O2S. The molecule has 0 aliphatic heterocycles. The number of non-ortho nitro benzene ring substituents is 1. The fraction of sp³-hybridized carbons (Fsp3) is 0. The van der Waals surface area contributed by atoms with Gasteiger partial charge in [0.2, 0.25) is 0 Å². The van der Waals surface area contributed by atoms with E-state index in [1.807, 2.05) is 30.3 Å². The van der Waals surface area contributed by atoms with E-state index in [-0.39, 0.29) is 5.69 Å². The Morgan fingerprint density at radius 2 is 1.67 bits per heavy atom. The van der Waals surface area contributed by atoms with Crippen LogP contribution in [0, 0.1) is 10.1 Å². The summed E-state index contributed by atoms with van der Waals surface area (Å²) in [6.45, 7) is 0. The fourth-order valence-corrected chi connectivity index (χ4v) is 3.15. The van der Waals surface area contributed by atoms with Crippen molar-refractivity contribution in [3.63, 3.8) is 0 Å². The van der Waals surface area contributed by atoms with E-state index in [2.05, 4.69) is 4.98 Å². The third-order valence-electron chi connectivity index (χ3n) is 2.99. The zero-order chi connectivity index (χ0) is 14.8. The van der Waals surface area contributed by atoms with Crippen molar-refractivity contribution in [3.8, 4) is 21.7 Å².